The first-order chi connectivity index (χ1) is 6.93. The van der Waals surface area contributed by atoms with Gasteiger partial charge in [0.1, 0.15) is 0 Å². The van der Waals surface area contributed by atoms with Crippen LogP contribution in [0.25, 0.3) is 0 Å². The summed E-state index contributed by atoms with van der Waals surface area (Å²) >= 11 is 0. The highest BCUT2D eigenvalue weighted by Gasteiger charge is 2.01. The van der Waals surface area contributed by atoms with E-state index in [9.17, 15) is 4.79 Å². The summed E-state index contributed by atoms with van der Waals surface area (Å²) in [5.41, 5.74) is 2.56. The Kier molecular flexibility index (Phi) is 6.50. The molecule has 0 saturated carbocycles. The van der Waals surface area contributed by atoms with Crippen LogP contribution in [0.5, 0.6) is 0 Å². The van der Waals surface area contributed by atoms with Gasteiger partial charge in [0.25, 0.3) is 0 Å². The summed E-state index contributed by atoms with van der Waals surface area (Å²) in [6.07, 6.45) is 5.30. The molecule has 86 valence electrons. The standard InChI is InChI=1S/C12H21NO2/c1-10(2)6-5-7-11(3)8-9-13(4)12(14)15/h6,8H,5,7,9H2,1-4H3,(H,14,15)/b11-8+. The van der Waals surface area contributed by atoms with E-state index in [1.54, 1.807) is 7.05 Å². The Bertz CT molecular complexity index is 263. The summed E-state index contributed by atoms with van der Waals surface area (Å²) < 4.78 is 0. The van der Waals surface area contributed by atoms with Gasteiger partial charge in [0, 0.05) is 13.6 Å². The lowest BCUT2D eigenvalue weighted by molar-refractivity contribution is 0.160. The lowest BCUT2D eigenvalue weighted by Crippen LogP contribution is -2.24. The van der Waals surface area contributed by atoms with E-state index in [2.05, 4.69) is 19.9 Å². The van der Waals surface area contributed by atoms with Crippen molar-refractivity contribution in [2.45, 2.75) is 33.6 Å². The Morgan fingerprint density at radius 3 is 2.33 bits per heavy atom. The first-order valence-corrected chi connectivity index (χ1v) is 5.16. The zero-order valence-electron chi connectivity index (χ0n) is 10.1. The van der Waals surface area contributed by atoms with Crippen LogP contribution in [0, 0.1) is 0 Å². The molecule has 1 amide bonds. The van der Waals surface area contributed by atoms with Gasteiger partial charge in [0.15, 0.2) is 0 Å². The lowest BCUT2D eigenvalue weighted by atomic mass is 10.1. The van der Waals surface area contributed by atoms with Crippen LogP contribution in [0.15, 0.2) is 23.3 Å². The van der Waals surface area contributed by atoms with E-state index in [0.717, 1.165) is 12.8 Å². The van der Waals surface area contributed by atoms with Crippen LogP contribution in [-0.4, -0.2) is 29.7 Å². The van der Waals surface area contributed by atoms with Gasteiger partial charge in [0.2, 0.25) is 0 Å². The van der Waals surface area contributed by atoms with Crippen LogP contribution in [0.1, 0.15) is 33.6 Å². The highest BCUT2D eigenvalue weighted by molar-refractivity contribution is 5.64. The third-order valence-corrected chi connectivity index (χ3v) is 2.13. The minimum absolute atomic E-state index is 0.468. The van der Waals surface area contributed by atoms with Gasteiger partial charge >= 0.3 is 6.09 Å². The van der Waals surface area contributed by atoms with Gasteiger partial charge in [-0.3, -0.25) is 0 Å². The number of carbonyl (C=O) groups is 1. The van der Waals surface area contributed by atoms with E-state index in [0.29, 0.717) is 6.54 Å². The molecule has 3 heteroatoms. The molecule has 0 rings (SSSR count). The fourth-order valence-electron chi connectivity index (χ4n) is 1.06. The maximum absolute atomic E-state index is 10.5. The molecule has 3 nitrogen and oxygen atoms in total. The number of hydrogen-bond donors (Lipinski definition) is 1. The topological polar surface area (TPSA) is 40.5 Å². The lowest BCUT2D eigenvalue weighted by Gasteiger charge is -2.10. The van der Waals surface area contributed by atoms with Crippen molar-refractivity contribution < 1.29 is 9.90 Å². The maximum Gasteiger partial charge on any atom is 0.407 e. The fourth-order valence-corrected chi connectivity index (χ4v) is 1.06. The Morgan fingerprint density at radius 2 is 1.87 bits per heavy atom. The quantitative estimate of drug-likeness (QED) is 0.709. The summed E-state index contributed by atoms with van der Waals surface area (Å²) in [7, 11) is 1.57. The van der Waals surface area contributed by atoms with Crippen LogP contribution < -0.4 is 0 Å². The van der Waals surface area contributed by atoms with Crippen LogP contribution >= 0.6 is 0 Å². The average Bonchev–Trinajstić information content (AvgIpc) is 2.13. The molecule has 0 fully saturated rings. The molecule has 0 aromatic heterocycles. The van der Waals surface area contributed by atoms with Crippen molar-refractivity contribution >= 4 is 6.09 Å². The number of hydrogen-bond acceptors (Lipinski definition) is 1. The van der Waals surface area contributed by atoms with E-state index >= 15 is 0 Å². The molecule has 15 heavy (non-hydrogen) atoms. The van der Waals surface area contributed by atoms with Crippen LogP contribution in [-0.2, 0) is 0 Å². The highest BCUT2D eigenvalue weighted by atomic mass is 16.4. The van der Waals surface area contributed by atoms with E-state index in [-0.39, 0.29) is 0 Å². The van der Waals surface area contributed by atoms with Crippen molar-refractivity contribution in [2.75, 3.05) is 13.6 Å². The second-order valence-corrected chi connectivity index (χ2v) is 4.03. The number of likely N-dealkylation sites (N-methyl/N-ethyl adjacent to an activating group) is 1. The van der Waals surface area contributed by atoms with Crippen LogP contribution in [0.4, 0.5) is 4.79 Å². The van der Waals surface area contributed by atoms with E-state index in [4.69, 9.17) is 5.11 Å². The third-order valence-electron chi connectivity index (χ3n) is 2.13. The summed E-state index contributed by atoms with van der Waals surface area (Å²) in [5, 5.41) is 8.63. The molecule has 0 spiro atoms. The highest BCUT2D eigenvalue weighted by Crippen LogP contribution is 2.06. The SMILES string of the molecule is CC(C)=CCC/C(C)=C/CN(C)C(=O)O. The Balaban J connectivity index is 3.89. The Hall–Kier alpha value is -1.25. The largest absolute Gasteiger partial charge is 0.465 e. The van der Waals surface area contributed by atoms with Gasteiger partial charge in [-0.25, -0.2) is 4.79 Å². The van der Waals surface area contributed by atoms with Crippen molar-refractivity contribution in [3.63, 3.8) is 0 Å². The first-order valence-electron chi connectivity index (χ1n) is 5.16. The van der Waals surface area contributed by atoms with E-state index < -0.39 is 6.09 Å². The summed E-state index contributed by atoms with van der Waals surface area (Å²) in [5.74, 6) is 0. The Labute approximate surface area is 92.1 Å². The molecular weight excluding hydrogens is 190 g/mol. The van der Waals surface area contributed by atoms with E-state index in [1.165, 1.54) is 16.0 Å². The normalized spacial score (nSPS) is 11.1. The van der Waals surface area contributed by atoms with Gasteiger partial charge in [-0.1, -0.05) is 23.3 Å². The van der Waals surface area contributed by atoms with Gasteiger partial charge in [-0.15, -0.1) is 0 Å². The minimum Gasteiger partial charge on any atom is -0.465 e. The molecule has 0 atom stereocenters. The van der Waals surface area contributed by atoms with E-state index in [1.807, 2.05) is 13.0 Å². The molecule has 0 aliphatic heterocycles. The predicted molar refractivity (Wildman–Crippen MR) is 63.1 cm³/mol. The third kappa shape index (κ3) is 7.79. The molecular formula is C12H21NO2. The molecule has 0 aromatic rings. The van der Waals surface area contributed by atoms with Gasteiger partial charge in [0.05, 0.1) is 0 Å². The van der Waals surface area contributed by atoms with Crippen molar-refractivity contribution in [1.29, 1.82) is 0 Å². The first kappa shape index (κ1) is 13.8. The zero-order chi connectivity index (χ0) is 11.8. The molecule has 1 N–H and O–H groups in total. The second-order valence-electron chi connectivity index (χ2n) is 4.03. The summed E-state index contributed by atoms with van der Waals surface area (Å²) in [6.45, 7) is 6.67. The summed E-state index contributed by atoms with van der Waals surface area (Å²) in [4.78, 5) is 11.8. The molecule has 0 saturated heterocycles. The second kappa shape index (κ2) is 7.10. The maximum atomic E-state index is 10.5. The number of allylic oxidation sites excluding steroid dienone is 3. The molecule has 0 aromatic carbocycles. The van der Waals surface area contributed by atoms with Gasteiger partial charge < -0.3 is 10.0 Å². The number of nitrogens with zero attached hydrogens (tertiary/aromatic N) is 1. The monoisotopic (exact) mass is 211 g/mol. The summed E-state index contributed by atoms with van der Waals surface area (Å²) in [6, 6.07) is 0. The average molecular weight is 211 g/mol. The van der Waals surface area contributed by atoms with Gasteiger partial charge in [-0.05, 0) is 33.6 Å². The fraction of sp³-hybridized carbons (Fsp3) is 0.583. The van der Waals surface area contributed by atoms with Crippen molar-refractivity contribution in [3.05, 3.63) is 23.3 Å². The molecule has 0 bridgehead atoms. The number of amides is 1. The van der Waals surface area contributed by atoms with Crippen molar-refractivity contribution in [2.24, 2.45) is 0 Å². The van der Waals surface area contributed by atoms with Crippen LogP contribution in [0.3, 0.4) is 0 Å². The van der Waals surface area contributed by atoms with Crippen molar-refractivity contribution in [1.82, 2.24) is 4.90 Å². The number of carboxylic acid groups (broad SMARTS) is 1. The molecule has 0 unspecified atom stereocenters. The Morgan fingerprint density at radius 1 is 1.27 bits per heavy atom. The zero-order valence-corrected chi connectivity index (χ0v) is 10.1. The smallest absolute Gasteiger partial charge is 0.407 e. The van der Waals surface area contributed by atoms with Crippen LogP contribution in [0.2, 0.25) is 0 Å². The number of rotatable bonds is 5. The molecule has 0 aliphatic rings. The molecule has 0 heterocycles. The van der Waals surface area contributed by atoms with Crippen molar-refractivity contribution in [3.8, 4) is 0 Å². The predicted octanol–water partition coefficient (Wildman–Crippen LogP) is 3.29. The van der Waals surface area contributed by atoms with Gasteiger partial charge in [-0.2, -0.15) is 0 Å². The molecule has 0 radical (unpaired) electrons. The molecule has 0 aliphatic carbocycles. The minimum atomic E-state index is -0.886.